The van der Waals surface area contributed by atoms with Crippen LogP contribution in [0, 0.1) is 5.92 Å². The lowest BCUT2D eigenvalue weighted by atomic mass is 9.84. The molecule has 0 radical (unpaired) electrons. The highest BCUT2D eigenvalue weighted by Crippen LogP contribution is 2.49. The van der Waals surface area contributed by atoms with Gasteiger partial charge in [0.05, 0.1) is 4.75 Å². The maximum absolute atomic E-state index is 13.5. The van der Waals surface area contributed by atoms with Gasteiger partial charge in [0.2, 0.25) is 0 Å². The molecule has 5 aromatic carbocycles. The van der Waals surface area contributed by atoms with Crippen LogP contribution < -0.4 is 5.32 Å². The van der Waals surface area contributed by atoms with Gasteiger partial charge in [-0.1, -0.05) is 159 Å². The van der Waals surface area contributed by atoms with Crippen LogP contribution >= 0.6 is 11.8 Å². The minimum Gasteiger partial charge on any atom is -0.456 e. The summed E-state index contributed by atoms with van der Waals surface area (Å²) in [6.45, 7) is 5.29. The molecule has 1 unspecified atom stereocenters. The first kappa shape index (κ1) is 39.3. The van der Waals surface area contributed by atoms with E-state index < -0.39 is 29.0 Å². The Morgan fingerprint density at radius 3 is 1.71 bits per heavy atom. The van der Waals surface area contributed by atoms with Crippen molar-refractivity contribution in [3.63, 3.8) is 0 Å². The normalized spacial score (nSPS) is 13.5. The number of hydrogen-bond donors (Lipinski definition) is 1. The minimum atomic E-state index is -0.947. The summed E-state index contributed by atoms with van der Waals surface area (Å²) in [6.07, 6.45) is 4.00. The largest absolute Gasteiger partial charge is 0.456 e. The van der Waals surface area contributed by atoms with Gasteiger partial charge in [0.15, 0.2) is 0 Å². The molecular formula is C48H49NO5S. The highest BCUT2D eigenvalue weighted by atomic mass is 32.2. The molecule has 1 aliphatic carbocycles. The average molecular weight is 752 g/mol. The van der Waals surface area contributed by atoms with Crippen molar-refractivity contribution in [2.24, 2.45) is 5.92 Å². The van der Waals surface area contributed by atoms with Crippen LogP contribution in [0.15, 0.2) is 152 Å². The SMILES string of the molecule is CC(=O)C[C@@H](/C=C/CCCSC(c1ccccc1)(c1ccccc1)c1ccccc1)OC(=O)C(NC(=O)OCC1c2ccccc2-c2ccccc21)C(C)C. The second-order valence-corrected chi connectivity index (χ2v) is 15.6. The molecule has 282 valence electrons. The number of nitrogens with one attached hydrogen (secondary N) is 1. The smallest absolute Gasteiger partial charge is 0.407 e. The molecule has 0 aromatic heterocycles. The van der Waals surface area contributed by atoms with Crippen molar-refractivity contribution >= 4 is 29.6 Å². The van der Waals surface area contributed by atoms with E-state index in [1.54, 1.807) is 6.08 Å². The van der Waals surface area contributed by atoms with Gasteiger partial charge in [0.1, 0.15) is 24.5 Å². The number of fused-ring (bicyclic) bond motifs is 3. The number of alkyl carbamates (subject to hydrolysis) is 1. The van der Waals surface area contributed by atoms with Crippen LogP contribution in [-0.4, -0.2) is 42.4 Å². The summed E-state index contributed by atoms with van der Waals surface area (Å²) < 4.78 is 11.2. The van der Waals surface area contributed by atoms with E-state index in [1.807, 2.05) is 74.1 Å². The summed E-state index contributed by atoms with van der Waals surface area (Å²) in [6, 6.07) is 47.2. The lowest BCUT2D eigenvalue weighted by Gasteiger charge is -2.35. The lowest BCUT2D eigenvalue weighted by molar-refractivity contribution is -0.151. The number of allylic oxidation sites excluding steroid dienone is 1. The van der Waals surface area contributed by atoms with Gasteiger partial charge in [-0.2, -0.15) is 0 Å². The first-order valence-electron chi connectivity index (χ1n) is 19.1. The molecule has 7 heteroatoms. The Kier molecular flexibility index (Phi) is 13.4. The van der Waals surface area contributed by atoms with Crippen LogP contribution in [0.25, 0.3) is 11.1 Å². The monoisotopic (exact) mass is 751 g/mol. The van der Waals surface area contributed by atoms with Gasteiger partial charge in [-0.15, -0.1) is 11.8 Å². The quantitative estimate of drug-likeness (QED) is 0.0441. The zero-order valence-corrected chi connectivity index (χ0v) is 32.5. The Morgan fingerprint density at radius 2 is 1.22 bits per heavy atom. The van der Waals surface area contributed by atoms with Gasteiger partial charge in [-0.25, -0.2) is 9.59 Å². The highest BCUT2D eigenvalue weighted by Gasteiger charge is 2.37. The van der Waals surface area contributed by atoms with E-state index in [9.17, 15) is 14.4 Å². The van der Waals surface area contributed by atoms with Crippen LogP contribution in [-0.2, 0) is 23.8 Å². The van der Waals surface area contributed by atoms with Gasteiger partial charge in [0, 0.05) is 12.3 Å². The van der Waals surface area contributed by atoms with Gasteiger partial charge in [-0.3, -0.25) is 4.79 Å². The lowest BCUT2D eigenvalue weighted by Crippen LogP contribution is -2.46. The van der Waals surface area contributed by atoms with E-state index in [-0.39, 0.29) is 30.6 Å². The minimum absolute atomic E-state index is 0.0475. The van der Waals surface area contributed by atoms with E-state index in [1.165, 1.54) is 23.6 Å². The molecule has 1 aliphatic rings. The van der Waals surface area contributed by atoms with Crippen molar-refractivity contribution in [2.45, 2.75) is 62.8 Å². The second kappa shape index (κ2) is 18.8. The fourth-order valence-electron chi connectivity index (χ4n) is 7.36. The predicted octanol–water partition coefficient (Wildman–Crippen LogP) is 10.5. The maximum Gasteiger partial charge on any atom is 0.407 e. The summed E-state index contributed by atoms with van der Waals surface area (Å²) >= 11 is 1.90. The van der Waals surface area contributed by atoms with Crippen LogP contribution in [0.2, 0.25) is 0 Å². The van der Waals surface area contributed by atoms with Crippen LogP contribution in [0.5, 0.6) is 0 Å². The number of hydrogen-bond acceptors (Lipinski definition) is 6. The zero-order chi connectivity index (χ0) is 38.6. The standard InChI is InChI=1S/C48H49NO5S/c1-34(2)45(49-47(52)53-33-44-42-29-17-15-27-40(42)41-28-16-18-30-43(41)44)46(51)54-39(32-35(3)50)26-14-7-19-31-55-48(36-20-8-4-9-21-36,37-22-10-5-11-23-37)38-24-12-6-13-25-38/h4-6,8-18,20-30,34,39,44-45H,7,19,31-33H2,1-3H3,(H,49,52)/b26-14+/t39-,45?/m1/s1. The number of thioether (sulfide) groups is 1. The Labute approximate surface area is 329 Å². The number of ether oxygens (including phenoxy) is 2. The topological polar surface area (TPSA) is 81.7 Å². The van der Waals surface area contributed by atoms with Gasteiger partial charge in [0.25, 0.3) is 0 Å². The Morgan fingerprint density at radius 1 is 0.727 bits per heavy atom. The van der Waals surface area contributed by atoms with E-state index in [0.717, 1.165) is 40.8 Å². The number of esters is 1. The van der Waals surface area contributed by atoms with E-state index in [4.69, 9.17) is 9.47 Å². The number of carbonyl (C=O) groups excluding carboxylic acids is 3. The van der Waals surface area contributed by atoms with E-state index in [0.29, 0.717) is 0 Å². The van der Waals surface area contributed by atoms with Crippen molar-refractivity contribution < 1.29 is 23.9 Å². The van der Waals surface area contributed by atoms with Crippen molar-refractivity contribution in [3.05, 3.63) is 179 Å². The summed E-state index contributed by atoms with van der Waals surface area (Å²) in [5, 5.41) is 2.74. The number of ketones is 1. The molecule has 6 rings (SSSR count). The van der Waals surface area contributed by atoms with Gasteiger partial charge >= 0.3 is 12.1 Å². The summed E-state index contributed by atoms with van der Waals surface area (Å²) in [7, 11) is 0. The Hall–Kier alpha value is -5.40. The Balaban J connectivity index is 1.07. The van der Waals surface area contributed by atoms with Gasteiger partial charge in [-0.05, 0) is 76.5 Å². The predicted molar refractivity (Wildman–Crippen MR) is 222 cm³/mol. The number of rotatable bonds is 17. The van der Waals surface area contributed by atoms with Crippen LogP contribution in [0.4, 0.5) is 4.79 Å². The fourth-order valence-corrected chi connectivity index (χ4v) is 8.89. The van der Waals surface area contributed by atoms with Crippen LogP contribution in [0.1, 0.15) is 73.8 Å². The molecule has 1 N–H and O–H groups in total. The molecule has 6 nitrogen and oxygen atoms in total. The number of Topliss-reactive ketones (excluding diaryl/α,β-unsaturated/α-hetero) is 1. The molecule has 0 spiro atoms. The fraction of sp³-hybridized carbons (Fsp3) is 0.271. The molecule has 5 aromatic rings. The third-order valence-corrected chi connectivity index (χ3v) is 11.7. The van der Waals surface area contributed by atoms with E-state index in [2.05, 4.69) is 102 Å². The third kappa shape index (κ3) is 9.46. The van der Waals surface area contributed by atoms with Crippen molar-refractivity contribution in [2.75, 3.05) is 12.4 Å². The number of benzene rings is 5. The second-order valence-electron chi connectivity index (χ2n) is 14.3. The first-order valence-corrected chi connectivity index (χ1v) is 20.0. The van der Waals surface area contributed by atoms with Crippen LogP contribution in [0.3, 0.4) is 0 Å². The van der Waals surface area contributed by atoms with Crippen molar-refractivity contribution in [1.82, 2.24) is 5.32 Å². The molecule has 0 bridgehead atoms. The molecule has 2 atom stereocenters. The Bertz CT molecular complexity index is 1920. The number of carbonyl (C=O) groups is 3. The molecule has 0 fully saturated rings. The number of unbranched alkanes of at least 4 members (excludes halogenated alkanes) is 1. The molecule has 1 amide bonds. The van der Waals surface area contributed by atoms with Crippen molar-refractivity contribution in [3.8, 4) is 11.1 Å². The maximum atomic E-state index is 13.5. The summed E-state index contributed by atoms with van der Waals surface area (Å²) in [5.41, 5.74) is 8.14. The van der Waals surface area contributed by atoms with E-state index >= 15 is 0 Å². The van der Waals surface area contributed by atoms with Crippen molar-refractivity contribution in [1.29, 1.82) is 0 Å². The van der Waals surface area contributed by atoms with Gasteiger partial charge < -0.3 is 14.8 Å². The number of amides is 1. The zero-order valence-electron chi connectivity index (χ0n) is 31.7. The molecule has 0 saturated carbocycles. The molecule has 0 heterocycles. The molecule has 0 aliphatic heterocycles. The highest BCUT2D eigenvalue weighted by molar-refractivity contribution is 8.00. The molecule has 0 saturated heterocycles. The average Bonchev–Trinajstić information content (AvgIpc) is 3.53. The molecule has 55 heavy (non-hydrogen) atoms. The third-order valence-electron chi connectivity index (χ3n) is 10.0. The molecular weight excluding hydrogens is 703 g/mol. The summed E-state index contributed by atoms with van der Waals surface area (Å²) in [5.74, 6) is -0.210. The first-order chi connectivity index (χ1) is 26.8. The summed E-state index contributed by atoms with van der Waals surface area (Å²) in [4.78, 5) is 38.9.